The van der Waals surface area contributed by atoms with Gasteiger partial charge in [-0.25, -0.2) is 19.2 Å². The van der Waals surface area contributed by atoms with Gasteiger partial charge in [-0.3, -0.25) is 0 Å². The highest BCUT2D eigenvalue weighted by Crippen LogP contribution is 2.56. The Morgan fingerprint density at radius 1 is 0.367 bits per heavy atom. The maximum absolute atomic E-state index is 12.1. The monoisotopic (exact) mass is 674 g/mol. The SMILES string of the molecule is O=C1OC(=O)c2cc(Sc3ccc(C4(c5ccc(Sc6ccc7c(c6)C(=O)OC7=O)cc5)c5ccccc5-c5ccccc54)cc3)ccc21. The summed E-state index contributed by atoms with van der Waals surface area (Å²) in [5.74, 6) is -2.45. The zero-order chi connectivity index (χ0) is 33.3. The van der Waals surface area contributed by atoms with Crippen molar-refractivity contribution in [3.63, 3.8) is 0 Å². The Hall–Kier alpha value is -5.70. The van der Waals surface area contributed by atoms with Gasteiger partial charge in [-0.05, 0) is 94.0 Å². The van der Waals surface area contributed by atoms with Crippen molar-refractivity contribution >= 4 is 47.4 Å². The van der Waals surface area contributed by atoms with E-state index in [0.29, 0.717) is 22.3 Å². The van der Waals surface area contributed by atoms with E-state index in [0.717, 1.165) is 30.7 Å². The first-order valence-corrected chi connectivity index (χ1v) is 17.1. The van der Waals surface area contributed by atoms with Gasteiger partial charge in [0.05, 0.1) is 27.7 Å². The fourth-order valence-corrected chi connectivity index (χ4v) is 8.81. The van der Waals surface area contributed by atoms with Crippen molar-refractivity contribution in [3.05, 3.63) is 178 Å². The van der Waals surface area contributed by atoms with Gasteiger partial charge in [0.1, 0.15) is 0 Å². The summed E-state index contributed by atoms with van der Waals surface area (Å²) >= 11 is 3.03. The summed E-state index contributed by atoms with van der Waals surface area (Å²) in [7, 11) is 0. The van der Waals surface area contributed by atoms with Crippen LogP contribution in [-0.4, -0.2) is 23.9 Å². The number of esters is 4. The van der Waals surface area contributed by atoms with E-state index in [9.17, 15) is 19.2 Å². The molecule has 0 bridgehead atoms. The Bertz CT molecular complexity index is 2240. The first-order chi connectivity index (χ1) is 23.9. The number of fused-ring (bicyclic) bond motifs is 5. The van der Waals surface area contributed by atoms with Crippen molar-refractivity contribution in [1.29, 1.82) is 0 Å². The van der Waals surface area contributed by atoms with Crippen LogP contribution in [0.1, 0.15) is 63.7 Å². The number of carbonyl (C=O) groups excluding carboxylic acids is 4. The first kappa shape index (κ1) is 29.4. The number of benzene rings is 6. The largest absolute Gasteiger partial charge is 0.386 e. The summed E-state index contributed by atoms with van der Waals surface area (Å²) in [6, 6.07) is 44.5. The van der Waals surface area contributed by atoms with Crippen LogP contribution in [0.25, 0.3) is 11.1 Å². The number of hydrogen-bond acceptors (Lipinski definition) is 8. The van der Waals surface area contributed by atoms with Crippen molar-refractivity contribution in [3.8, 4) is 11.1 Å². The highest BCUT2D eigenvalue weighted by atomic mass is 32.2. The molecule has 0 spiro atoms. The molecule has 0 fully saturated rings. The van der Waals surface area contributed by atoms with Crippen molar-refractivity contribution in [2.75, 3.05) is 0 Å². The molecule has 0 unspecified atom stereocenters. The van der Waals surface area contributed by atoms with E-state index in [1.165, 1.54) is 45.8 Å². The van der Waals surface area contributed by atoms with Crippen molar-refractivity contribution < 1.29 is 28.7 Å². The van der Waals surface area contributed by atoms with Crippen LogP contribution >= 0.6 is 23.5 Å². The molecule has 6 aromatic rings. The Morgan fingerprint density at radius 3 is 1.16 bits per heavy atom. The standard InChI is InChI=1S/C41H22O6S2/c42-37-31-19-17-27(21-33(31)39(44)46-37)48-25-13-9-23(10-14-25)41(35-7-3-1-5-29(35)30-6-2-4-8-36(30)41)24-11-15-26(16-12-24)49-28-18-20-32-34(22-28)40(45)47-38(32)43/h1-22H. The van der Waals surface area contributed by atoms with Crippen LogP contribution in [0.2, 0.25) is 0 Å². The van der Waals surface area contributed by atoms with E-state index in [1.807, 2.05) is 12.1 Å². The molecule has 6 nitrogen and oxygen atoms in total. The Labute approximate surface area is 289 Å². The fourth-order valence-electron chi connectivity index (χ4n) is 7.10. The molecule has 0 saturated carbocycles. The number of carbonyl (C=O) groups is 4. The normalized spacial score (nSPS) is 14.9. The summed E-state index contributed by atoms with van der Waals surface area (Å²) in [6.07, 6.45) is 0. The summed E-state index contributed by atoms with van der Waals surface area (Å²) in [5.41, 5.74) is 7.57. The lowest BCUT2D eigenvalue weighted by Crippen LogP contribution is -2.28. The molecule has 234 valence electrons. The Balaban J connectivity index is 1.10. The van der Waals surface area contributed by atoms with Gasteiger partial charge in [-0.1, -0.05) is 96.3 Å². The predicted octanol–water partition coefficient (Wildman–Crippen LogP) is 8.97. The highest BCUT2D eigenvalue weighted by molar-refractivity contribution is 7.99. The molecule has 0 radical (unpaired) electrons. The van der Waals surface area contributed by atoms with Crippen LogP contribution in [0.3, 0.4) is 0 Å². The second kappa shape index (κ2) is 11.2. The molecular formula is C41H22O6S2. The molecule has 3 aliphatic rings. The van der Waals surface area contributed by atoms with E-state index in [1.54, 1.807) is 24.3 Å². The molecule has 1 aliphatic carbocycles. The van der Waals surface area contributed by atoms with Gasteiger partial charge < -0.3 is 9.47 Å². The average Bonchev–Trinajstić information content (AvgIpc) is 3.70. The minimum atomic E-state index is -0.615. The van der Waals surface area contributed by atoms with Gasteiger partial charge in [-0.2, -0.15) is 0 Å². The van der Waals surface area contributed by atoms with E-state index < -0.39 is 29.3 Å². The molecule has 0 aromatic heterocycles. The third-order valence-corrected chi connectivity index (χ3v) is 11.2. The van der Waals surface area contributed by atoms with Crippen LogP contribution in [0.4, 0.5) is 0 Å². The fraction of sp³-hybridized carbons (Fsp3) is 0.0244. The van der Waals surface area contributed by atoms with Gasteiger partial charge in [0, 0.05) is 19.6 Å². The molecular weight excluding hydrogens is 653 g/mol. The van der Waals surface area contributed by atoms with Gasteiger partial charge in [0.2, 0.25) is 0 Å². The smallest absolute Gasteiger partial charge is 0.346 e. The number of rotatable bonds is 6. The summed E-state index contributed by atoms with van der Waals surface area (Å²) in [6.45, 7) is 0. The Morgan fingerprint density at radius 2 is 0.735 bits per heavy atom. The number of cyclic esters (lactones) is 4. The van der Waals surface area contributed by atoms with E-state index in [2.05, 4.69) is 97.1 Å². The average molecular weight is 675 g/mol. The summed E-state index contributed by atoms with van der Waals surface area (Å²) < 4.78 is 9.53. The van der Waals surface area contributed by atoms with Gasteiger partial charge in [0.15, 0.2) is 0 Å². The first-order valence-electron chi connectivity index (χ1n) is 15.5. The third-order valence-electron chi connectivity index (χ3n) is 9.23. The molecule has 0 N–H and O–H groups in total. The van der Waals surface area contributed by atoms with E-state index in [4.69, 9.17) is 9.47 Å². The van der Waals surface area contributed by atoms with Gasteiger partial charge in [0.25, 0.3) is 0 Å². The molecule has 2 heterocycles. The van der Waals surface area contributed by atoms with Crippen LogP contribution in [0.5, 0.6) is 0 Å². The molecule has 2 aliphatic heterocycles. The second-order valence-corrected chi connectivity index (χ2v) is 14.2. The zero-order valence-electron chi connectivity index (χ0n) is 25.5. The molecule has 49 heavy (non-hydrogen) atoms. The maximum Gasteiger partial charge on any atom is 0.346 e. The van der Waals surface area contributed by atoms with Gasteiger partial charge in [-0.15, -0.1) is 0 Å². The number of ether oxygens (including phenoxy) is 2. The lowest BCUT2D eigenvalue weighted by molar-refractivity contribution is 0.0425. The summed E-state index contributed by atoms with van der Waals surface area (Å²) in [4.78, 5) is 51.8. The molecule has 0 amide bonds. The third kappa shape index (κ3) is 4.59. The van der Waals surface area contributed by atoms with Crippen molar-refractivity contribution in [2.45, 2.75) is 25.0 Å². The molecule has 0 saturated heterocycles. The predicted molar refractivity (Wildman–Crippen MR) is 184 cm³/mol. The quantitative estimate of drug-likeness (QED) is 0.128. The van der Waals surface area contributed by atoms with Gasteiger partial charge >= 0.3 is 23.9 Å². The van der Waals surface area contributed by atoms with Crippen LogP contribution in [0, 0.1) is 0 Å². The maximum atomic E-state index is 12.1. The highest BCUT2D eigenvalue weighted by Gasteiger charge is 2.46. The minimum Gasteiger partial charge on any atom is -0.386 e. The molecule has 8 heteroatoms. The minimum absolute atomic E-state index is 0.292. The van der Waals surface area contributed by atoms with Crippen LogP contribution < -0.4 is 0 Å². The van der Waals surface area contributed by atoms with E-state index >= 15 is 0 Å². The van der Waals surface area contributed by atoms with E-state index in [-0.39, 0.29) is 0 Å². The van der Waals surface area contributed by atoms with Crippen LogP contribution in [-0.2, 0) is 14.9 Å². The topological polar surface area (TPSA) is 86.7 Å². The van der Waals surface area contributed by atoms with Crippen LogP contribution in [0.15, 0.2) is 153 Å². The number of hydrogen-bond donors (Lipinski definition) is 0. The lowest BCUT2D eigenvalue weighted by atomic mass is 9.68. The molecule has 0 atom stereocenters. The van der Waals surface area contributed by atoms with Crippen molar-refractivity contribution in [1.82, 2.24) is 0 Å². The Kier molecular flexibility index (Phi) is 6.72. The second-order valence-electron chi connectivity index (χ2n) is 11.9. The summed E-state index contributed by atoms with van der Waals surface area (Å²) in [5, 5.41) is 0. The zero-order valence-corrected chi connectivity index (χ0v) is 27.1. The lowest BCUT2D eigenvalue weighted by Gasteiger charge is -2.34. The van der Waals surface area contributed by atoms with Crippen molar-refractivity contribution in [2.24, 2.45) is 0 Å². The molecule has 9 rings (SSSR count). The molecule has 6 aromatic carbocycles.